The van der Waals surface area contributed by atoms with E-state index in [1.54, 1.807) is 29.2 Å². The van der Waals surface area contributed by atoms with Gasteiger partial charge in [0.15, 0.2) is 11.6 Å². The zero-order chi connectivity index (χ0) is 15.4. The third-order valence-electron chi connectivity index (χ3n) is 2.69. The number of nitrogens with one attached hydrogen (secondary N) is 2. The maximum Gasteiger partial charge on any atom is 0.269 e. The number of anilines is 3. The summed E-state index contributed by atoms with van der Waals surface area (Å²) in [6.45, 7) is 0. The normalized spacial score (nSPS) is 10.0. The van der Waals surface area contributed by atoms with Gasteiger partial charge >= 0.3 is 0 Å². The molecule has 0 aliphatic heterocycles. The van der Waals surface area contributed by atoms with Gasteiger partial charge in [0.2, 0.25) is 0 Å². The fourth-order valence-electron chi connectivity index (χ4n) is 1.63. The van der Waals surface area contributed by atoms with Crippen molar-refractivity contribution in [2.24, 2.45) is 0 Å². The van der Waals surface area contributed by atoms with Crippen LogP contribution in [-0.2, 0) is 0 Å². The van der Waals surface area contributed by atoms with Gasteiger partial charge in [-0.2, -0.15) is 0 Å². The van der Waals surface area contributed by atoms with Crippen LogP contribution in [0.5, 0.6) is 0 Å². The molecule has 0 atom stereocenters. The van der Waals surface area contributed by atoms with Crippen molar-refractivity contribution in [3.63, 3.8) is 0 Å². The maximum atomic E-state index is 11.9. The van der Waals surface area contributed by atoms with Crippen molar-refractivity contribution in [3.05, 3.63) is 41.2 Å². The average Bonchev–Trinajstić information content (AvgIpc) is 2.46. The molecular weight excluding hydrogens is 292 g/mol. The number of hydrogen-bond acceptors (Lipinski definition) is 6. The number of nitrogens with zero attached hydrogens (tertiary/aromatic N) is 3. The first-order chi connectivity index (χ1) is 9.99. The van der Waals surface area contributed by atoms with Crippen molar-refractivity contribution in [2.75, 3.05) is 30.2 Å². The summed E-state index contributed by atoms with van der Waals surface area (Å²) in [4.78, 5) is 21.7. The molecule has 7 nitrogen and oxygen atoms in total. The first kappa shape index (κ1) is 14.9. The molecule has 4 N–H and O–H groups in total. The number of carbonyl (C=O) groups is 1. The van der Waals surface area contributed by atoms with E-state index in [0.717, 1.165) is 0 Å². The molecule has 0 aliphatic carbocycles. The summed E-state index contributed by atoms with van der Waals surface area (Å²) >= 11 is 5.77. The van der Waals surface area contributed by atoms with Gasteiger partial charge in [-0.05, 0) is 24.3 Å². The Morgan fingerprint density at radius 1 is 1.24 bits per heavy atom. The number of carbonyl (C=O) groups excluding carboxylic acids is 1. The van der Waals surface area contributed by atoms with Crippen LogP contribution in [0, 0.1) is 0 Å². The zero-order valence-electron chi connectivity index (χ0n) is 11.6. The molecule has 21 heavy (non-hydrogen) atoms. The lowest BCUT2D eigenvalue weighted by Crippen LogP contribution is -2.30. The highest BCUT2D eigenvalue weighted by Crippen LogP contribution is 2.23. The summed E-state index contributed by atoms with van der Waals surface area (Å²) < 4.78 is 0. The molecule has 2 rings (SSSR count). The van der Waals surface area contributed by atoms with Crippen LogP contribution in [0.1, 0.15) is 10.4 Å². The number of aromatic nitrogens is 2. The summed E-state index contributed by atoms with van der Waals surface area (Å²) in [5, 5.41) is 0.565. The van der Waals surface area contributed by atoms with Crippen LogP contribution in [0.4, 0.5) is 17.3 Å². The van der Waals surface area contributed by atoms with Gasteiger partial charge in [-0.3, -0.25) is 15.6 Å². The monoisotopic (exact) mass is 306 g/mol. The number of benzene rings is 1. The summed E-state index contributed by atoms with van der Waals surface area (Å²) in [7, 11) is 3.63. The Kier molecular flexibility index (Phi) is 4.44. The third kappa shape index (κ3) is 3.51. The highest BCUT2D eigenvalue weighted by Gasteiger charge is 2.11. The van der Waals surface area contributed by atoms with E-state index in [1.165, 1.54) is 6.33 Å². The molecule has 0 unspecified atom stereocenters. The lowest BCUT2D eigenvalue weighted by Gasteiger charge is -2.16. The summed E-state index contributed by atoms with van der Waals surface area (Å²) in [5.41, 5.74) is 11.9. The smallest absolute Gasteiger partial charge is 0.269 e. The molecule has 1 heterocycles. The fraction of sp³-hybridized carbons (Fsp3) is 0.154. The summed E-state index contributed by atoms with van der Waals surface area (Å²) in [5.74, 6) is 0.570. The van der Waals surface area contributed by atoms with E-state index in [9.17, 15) is 4.79 Å². The number of nitrogens with two attached hydrogens (primary N) is 1. The first-order valence-corrected chi connectivity index (χ1v) is 6.46. The van der Waals surface area contributed by atoms with Crippen LogP contribution in [0.25, 0.3) is 0 Å². The quantitative estimate of drug-likeness (QED) is 0.741. The number of amides is 1. The minimum absolute atomic E-state index is 0.323. The second-order valence-electron chi connectivity index (χ2n) is 4.44. The van der Waals surface area contributed by atoms with Crippen molar-refractivity contribution in [1.29, 1.82) is 0 Å². The minimum Gasteiger partial charge on any atom is -0.393 e. The van der Waals surface area contributed by atoms with Crippen LogP contribution >= 0.6 is 11.6 Å². The molecule has 0 saturated heterocycles. The molecule has 0 bridgehead atoms. The lowest BCUT2D eigenvalue weighted by molar-refractivity contribution is 0.0962. The molecule has 0 spiro atoms. The topological polar surface area (TPSA) is 96.2 Å². The van der Waals surface area contributed by atoms with Crippen molar-refractivity contribution < 1.29 is 4.79 Å². The predicted molar refractivity (Wildman–Crippen MR) is 83.3 cm³/mol. The molecule has 110 valence electrons. The lowest BCUT2D eigenvalue weighted by atomic mass is 10.2. The Balaban J connectivity index is 2.08. The van der Waals surface area contributed by atoms with Crippen molar-refractivity contribution in [3.8, 4) is 0 Å². The number of rotatable bonds is 4. The molecule has 0 fully saturated rings. The van der Waals surface area contributed by atoms with Gasteiger partial charge in [0, 0.05) is 24.7 Å². The van der Waals surface area contributed by atoms with Crippen LogP contribution in [0.15, 0.2) is 30.6 Å². The number of nitrogen functional groups attached to an aromatic ring is 1. The molecule has 0 aliphatic rings. The van der Waals surface area contributed by atoms with E-state index in [-0.39, 0.29) is 5.91 Å². The second kappa shape index (κ2) is 6.27. The summed E-state index contributed by atoms with van der Waals surface area (Å²) in [6, 6.07) is 6.52. The Morgan fingerprint density at radius 3 is 2.52 bits per heavy atom. The highest BCUT2D eigenvalue weighted by atomic mass is 35.5. The van der Waals surface area contributed by atoms with Crippen molar-refractivity contribution >= 4 is 34.8 Å². The van der Waals surface area contributed by atoms with E-state index in [2.05, 4.69) is 20.8 Å². The molecule has 0 saturated carbocycles. The SMILES string of the molecule is CN(C)c1ncnc(NNC(=O)c2ccc(Cl)cc2)c1N. The minimum atomic E-state index is -0.323. The average molecular weight is 307 g/mol. The van der Waals surface area contributed by atoms with E-state index in [1.807, 2.05) is 14.1 Å². The Hall–Kier alpha value is -2.54. The fourth-order valence-corrected chi connectivity index (χ4v) is 1.76. The largest absolute Gasteiger partial charge is 0.393 e. The van der Waals surface area contributed by atoms with Crippen LogP contribution in [0.3, 0.4) is 0 Å². The van der Waals surface area contributed by atoms with E-state index < -0.39 is 0 Å². The van der Waals surface area contributed by atoms with E-state index in [4.69, 9.17) is 17.3 Å². The van der Waals surface area contributed by atoms with Crippen LogP contribution in [0.2, 0.25) is 5.02 Å². The van der Waals surface area contributed by atoms with Crippen molar-refractivity contribution in [2.45, 2.75) is 0 Å². The molecule has 2 aromatic rings. The number of hydrogen-bond donors (Lipinski definition) is 3. The molecular formula is C13H15ClN6O. The van der Waals surface area contributed by atoms with Gasteiger partial charge in [-0.25, -0.2) is 9.97 Å². The van der Waals surface area contributed by atoms with Gasteiger partial charge in [-0.15, -0.1) is 0 Å². The Morgan fingerprint density at radius 2 is 1.90 bits per heavy atom. The van der Waals surface area contributed by atoms with Gasteiger partial charge in [0.1, 0.15) is 12.0 Å². The van der Waals surface area contributed by atoms with Gasteiger partial charge in [-0.1, -0.05) is 11.6 Å². The Bertz CT molecular complexity index is 644. The molecule has 1 amide bonds. The van der Waals surface area contributed by atoms with Gasteiger partial charge in [0.05, 0.1) is 0 Å². The van der Waals surface area contributed by atoms with E-state index >= 15 is 0 Å². The van der Waals surface area contributed by atoms with Gasteiger partial charge < -0.3 is 10.6 Å². The first-order valence-electron chi connectivity index (χ1n) is 6.08. The number of halogens is 1. The second-order valence-corrected chi connectivity index (χ2v) is 4.88. The molecule has 1 aromatic heterocycles. The van der Waals surface area contributed by atoms with Crippen LogP contribution < -0.4 is 21.5 Å². The maximum absolute atomic E-state index is 11.9. The Labute approximate surface area is 127 Å². The standard InChI is InChI=1S/C13H15ClN6O/c1-20(2)12-10(15)11(16-7-17-12)18-19-13(21)8-3-5-9(14)6-4-8/h3-7H,15H2,1-2H3,(H,19,21)(H,16,17,18). The summed E-state index contributed by atoms with van der Waals surface area (Å²) in [6.07, 6.45) is 1.36. The zero-order valence-corrected chi connectivity index (χ0v) is 12.3. The van der Waals surface area contributed by atoms with Crippen molar-refractivity contribution in [1.82, 2.24) is 15.4 Å². The van der Waals surface area contributed by atoms with Gasteiger partial charge in [0.25, 0.3) is 5.91 Å². The molecule has 1 aromatic carbocycles. The van der Waals surface area contributed by atoms with E-state index in [0.29, 0.717) is 27.9 Å². The number of hydrazine groups is 1. The molecule has 8 heteroatoms. The van der Waals surface area contributed by atoms with Crippen LogP contribution in [-0.4, -0.2) is 30.0 Å². The molecule has 0 radical (unpaired) electrons. The highest BCUT2D eigenvalue weighted by molar-refractivity contribution is 6.30. The predicted octanol–water partition coefficient (Wildman–Crippen LogP) is 1.54. The third-order valence-corrected chi connectivity index (χ3v) is 2.94.